The molecule has 3 N–H and O–H groups in total. The molecule has 3 heterocycles. The highest BCUT2D eigenvalue weighted by molar-refractivity contribution is 7.92. The summed E-state index contributed by atoms with van der Waals surface area (Å²) >= 11 is 0. The van der Waals surface area contributed by atoms with Crippen LogP contribution in [-0.4, -0.2) is 45.4 Å². The molecule has 11 heteroatoms. The van der Waals surface area contributed by atoms with Crippen LogP contribution in [0.3, 0.4) is 0 Å². The largest absolute Gasteiger partial charge is 0.489 e. The standard InChI is InChI=1S/C19H22F2N4O4S/c1-10(26)9-29-14-6-16-23-7-13(11-5-12(20)18(22)24-17(11)21)25(16)8-15(14)30(27,28)19(2,3)4/h5-8,10,26H,9H2,1-4H3,(H2,22,24)/t10-/m1/s1. The molecule has 1 atom stereocenters. The average molecular weight is 440 g/mol. The Morgan fingerprint density at radius 1 is 1.30 bits per heavy atom. The normalized spacial score (nSPS) is 13.6. The lowest BCUT2D eigenvalue weighted by Gasteiger charge is -2.22. The minimum Gasteiger partial charge on any atom is -0.489 e. The zero-order valence-electron chi connectivity index (χ0n) is 16.8. The SMILES string of the molecule is C[C@@H](O)COc1cc2ncc(-c3cc(F)c(N)nc3F)n2cc1S(=O)(=O)C(C)(C)C. The Labute approximate surface area is 172 Å². The molecular formula is C19H22F2N4O4S. The Bertz CT molecular complexity index is 1220. The topological polar surface area (TPSA) is 120 Å². The second-order valence-electron chi connectivity index (χ2n) is 7.84. The lowest BCUT2D eigenvalue weighted by molar-refractivity contribution is 0.121. The van der Waals surface area contributed by atoms with Gasteiger partial charge in [-0.2, -0.15) is 9.37 Å². The predicted molar refractivity (Wildman–Crippen MR) is 107 cm³/mol. The number of aliphatic hydroxyl groups is 1. The minimum absolute atomic E-state index is 0.00226. The molecule has 0 bridgehead atoms. The molecule has 3 rings (SSSR count). The monoisotopic (exact) mass is 440 g/mol. The van der Waals surface area contributed by atoms with Crippen LogP contribution in [0.2, 0.25) is 0 Å². The third kappa shape index (κ3) is 3.82. The summed E-state index contributed by atoms with van der Waals surface area (Å²) in [7, 11) is -3.91. The van der Waals surface area contributed by atoms with Crippen molar-refractivity contribution in [3.63, 3.8) is 0 Å². The molecule has 0 aliphatic heterocycles. The Morgan fingerprint density at radius 2 is 1.97 bits per heavy atom. The van der Waals surface area contributed by atoms with Gasteiger partial charge in [0.25, 0.3) is 0 Å². The number of anilines is 1. The molecule has 0 spiro atoms. The zero-order chi connectivity index (χ0) is 22.4. The number of fused-ring (bicyclic) bond motifs is 1. The number of hydrogen-bond donors (Lipinski definition) is 2. The van der Waals surface area contributed by atoms with Crippen LogP contribution in [0.4, 0.5) is 14.6 Å². The van der Waals surface area contributed by atoms with Crippen molar-refractivity contribution in [2.24, 2.45) is 0 Å². The van der Waals surface area contributed by atoms with Gasteiger partial charge in [0.15, 0.2) is 21.5 Å². The quantitative estimate of drug-likeness (QED) is 0.585. The second kappa shape index (κ2) is 7.47. The molecule has 0 radical (unpaired) electrons. The first-order valence-electron chi connectivity index (χ1n) is 9.01. The Morgan fingerprint density at radius 3 is 2.57 bits per heavy atom. The third-order valence-electron chi connectivity index (χ3n) is 4.38. The van der Waals surface area contributed by atoms with Crippen LogP contribution in [0.1, 0.15) is 27.7 Å². The van der Waals surface area contributed by atoms with E-state index in [1.165, 1.54) is 50.6 Å². The highest BCUT2D eigenvalue weighted by Crippen LogP contribution is 2.35. The van der Waals surface area contributed by atoms with E-state index < -0.39 is 38.3 Å². The van der Waals surface area contributed by atoms with Crippen molar-refractivity contribution in [2.45, 2.75) is 43.4 Å². The number of halogens is 2. The van der Waals surface area contributed by atoms with Crippen molar-refractivity contribution >= 4 is 21.3 Å². The van der Waals surface area contributed by atoms with Crippen molar-refractivity contribution in [2.75, 3.05) is 12.3 Å². The Balaban J connectivity index is 2.29. The minimum atomic E-state index is -3.91. The second-order valence-corrected chi connectivity index (χ2v) is 10.5. The molecule has 0 aliphatic carbocycles. The van der Waals surface area contributed by atoms with E-state index in [0.717, 1.165) is 6.07 Å². The lowest BCUT2D eigenvalue weighted by atomic mass is 10.2. The molecule has 0 saturated carbocycles. The lowest BCUT2D eigenvalue weighted by Crippen LogP contribution is -2.29. The summed E-state index contributed by atoms with van der Waals surface area (Å²) in [5, 5.41) is 9.52. The van der Waals surface area contributed by atoms with Crippen LogP contribution in [0.15, 0.2) is 29.4 Å². The molecule has 8 nitrogen and oxygen atoms in total. The first-order chi connectivity index (χ1) is 13.8. The number of ether oxygens (including phenoxy) is 1. The number of pyridine rings is 2. The van der Waals surface area contributed by atoms with Gasteiger partial charge >= 0.3 is 0 Å². The summed E-state index contributed by atoms with van der Waals surface area (Å²) in [5.41, 5.74) is 5.38. The van der Waals surface area contributed by atoms with Crippen molar-refractivity contribution in [1.29, 1.82) is 0 Å². The molecule has 0 aliphatic rings. The van der Waals surface area contributed by atoms with Crippen LogP contribution in [-0.2, 0) is 9.84 Å². The van der Waals surface area contributed by atoms with Gasteiger partial charge in [-0.25, -0.2) is 17.8 Å². The summed E-state index contributed by atoms with van der Waals surface area (Å²) in [6.45, 7) is 5.93. The molecule has 3 aromatic heterocycles. The van der Waals surface area contributed by atoms with Gasteiger partial charge in [-0.1, -0.05) is 0 Å². The fourth-order valence-corrected chi connectivity index (χ4v) is 3.99. The molecular weight excluding hydrogens is 418 g/mol. The molecule has 162 valence electrons. The van der Waals surface area contributed by atoms with Gasteiger partial charge in [0, 0.05) is 12.3 Å². The first-order valence-corrected chi connectivity index (χ1v) is 10.5. The van der Waals surface area contributed by atoms with E-state index in [4.69, 9.17) is 10.5 Å². The summed E-state index contributed by atoms with van der Waals surface area (Å²) in [5.74, 6) is -2.53. The van der Waals surface area contributed by atoms with Gasteiger partial charge < -0.3 is 15.6 Å². The van der Waals surface area contributed by atoms with E-state index in [9.17, 15) is 22.3 Å². The maximum absolute atomic E-state index is 14.4. The van der Waals surface area contributed by atoms with E-state index >= 15 is 0 Å². The van der Waals surface area contributed by atoms with Crippen LogP contribution in [0.5, 0.6) is 5.75 Å². The van der Waals surface area contributed by atoms with Crippen LogP contribution in [0, 0.1) is 11.8 Å². The van der Waals surface area contributed by atoms with Gasteiger partial charge in [0.2, 0.25) is 5.95 Å². The maximum Gasteiger partial charge on any atom is 0.224 e. The summed E-state index contributed by atoms with van der Waals surface area (Å²) in [4.78, 5) is 7.30. The molecule has 0 aromatic carbocycles. The van der Waals surface area contributed by atoms with E-state index in [2.05, 4.69) is 9.97 Å². The van der Waals surface area contributed by atoms with Crippen LogP contribution in [0.25, 0.3) is 16.9 Å². The summed E-state index contributed by atoms with van der Waals surface area (Å²) in [6.07, 6.45) is 1.67. The Kier molecular flexibility index (Phi) is 5.46. The van der Waals surface area contributed by atoms with Crippen molar-refractivity contribution in [3.05, 3.63) is 36.3 Å². The van der Waals surface area contributed by atoms with Gasteiger partial charge in [-0.3, -0.25) is 4.40 Å². The smallest absolute Gasteiger partial charge is 0.224 e. The highest BCUT2D eigenvalue weighted by atomic mass is 32.2. The van der Waals surface area contributed by atoms with E-state index in [1.807, 2.05) is 0 Å². The number of sulfone groups is 1. The molecule has 0 saturated heterocycles. The average Bonchev–Trinajstić information content (AvgIpc) is 3.03. The molecule has 0 fully saturated rings. The van der Waals surface area contributed by atoms with Crippen molar-refractivity contribution in [1.82, 2.24) is 14.4 Å². The first kappa shape index (κ1) is 21.9. The number of aromatic nitrogens is 3. The number of nitrogens with two attached hydrogens (primary N) is 1. The molecule has 30 heavy (non-hydrogen) atoms. The van der Waals surface area contributed by atoms with E-state index in [0.29, 0.717) is 0 Å². The fraction of sp³-hybridized carbons (Fsp3) is 0.368. The summed E-state index contributed by atoms with van der Waals surface area (Å²) in [6, 6.07) is 2.24. The zero-order valence-corrected chi connectivity index (χ0v) is 17.7. The van der Waals surface area contributed by atoms with Crippen molar-refractivity contribution in [3.8, 4) is 17.0 Å². The number of nitrogen functional groups attached to an aromatic ring is 1. The van der Waals surface area contributed by atoms with E-state index in [-0.39, 0.29) is 34.2 Å². The maximum atomic E-state index is 14.4. The summed E-state index contributed by atoms with van der Waals surface area (Å²) < 4.78 is 60.2. The van der Waals surface area contributed by atoms with Gasteiger partial charge in [0.05, 0.1) is 28.3 Å². The number of rotatable bonds is 5. The van der Waals surface area contributed by atoms with Crippen LogP contribution >= 0.6 is 0 Å². The number of hydrogen-bond acceptors (Lipinski definition) is 7. The number of aliphatic hydroxyl groups excluding tert-OH is 1. The molecule has 0 amide bonds. The van der Waals surface area contributed by atoms with Crippen molar-refractivity contribution < 1.29 is 27.0 Å². The fourth-order valence-electron chi connectivity index (χ4n) is 2.70. The van der Waals surface area contributed by atoms with Crippen LogP contribution < -0.4 is 10.5 Å². The highest BCUT2D eigenvalue weighted by Gasteiger charge is 2.34. The Hall–Kier alpha value is -2.79. The third-order valence-corrected chi connectivity index (χ3v) is 6.88. The van der Waals surface area contributed by atoms with Gasteiger partial charge in [0.1, 0.15) is 22.9 Å². The molecule has 3 aromatic rings. The number of imidazole rings is 1. The van der Waals surface area contributed by atoms with Gasteiger partial charge in [-0.05, 0) is 33.8 Å². The van der Waals surface area contributed by atoms with Gasteiger partial charge in [-0.15, -0.1) is 0 Å². The predicted octanol–water partition coefficient (Wildman–Crippen LogP) is 2.59. The molecule has 0 unspecified atom stereocenters. The van der Waals surface area contributed by atoms with E-state index in [1.54, 1.807) is 0 Å². The number of nitrogens with zero attached hydrogens (tertiary/aromatic N) is 3.